The molecule has 0 N–H and O–H groups in total. The predicted molar refractivity (Wildman–Crippen MR) is 34.8 cm³/mol. The van der Waals surface area contributed by atoms with Crippen LogP contribution in [-0.2, 0) is 4.84 Å². The summed E-state index contributed by atoms with van der Waals surface area (Å²) in [6.45, 7) is 0. The average molecular weight is 160 g/mol. The van der Waals surface area contributed by atoms with Crippen LogP contribution in [0.4, 0.5) is 14.6 Å². The lowest BCUT2D eigenvalue weighted by atomic mass is 10.4. The van der Waals surface area contributed by atoms with Crippen molar-refractivity contribution < 1.29 is 13.7 Å². The zero-order chi connectivity index (χ0) is 8.27. The van der Waals surface area contributed by atoms with Gasteiger partial charge in [-0.2, -0.15) is 4.39 Å². The molecule has 0 fully saturated rings. The van der Waals surface area contributed by atoms with Crippen molar-refractivity contribution in [3.63, 3.8) is 0 Å². The topological polar surface area (TPSA) is 25.4 Å². The largest absolute Gasteiger partial charge is 0.248 e. The number of pyridine rings is 1. The summed E-state index contributed by atoms with van der Waals surface area (Å²) in [6, 6.07) is 2.62. The summed E-state index contributed by atoms with van der Waals surface area (Å²) >= 11 is 0. The second kappa shape index (κ2) is 3.25. The van der Waals surface area contributed by atoms with Gasteiger partial charge in [0, 0.05) is 6.20 Å². The first-order chi connectivity index (χ1) is 5.25. The number of nitrogens with zero attached hydrogens (tertiary/aromatic N) is 2. The maximum Gasteiger partial charge on any atom is 0.241 e. The Morgan fingerprint density at radius 2 is 2.36 bits per heavy atom. The Balaban J connectivity index is 2.93. The van der Waals surface area contributed by atoms with E-state index in [1.165, 1.54) is 18.3 Å². The van der Waals surface area contributed by atoms with Crippen LogP contribution in [-0.4, -0.2) is 12.1 Å². The normalized spacial score (nSPS) is 9.73. The quantitative estimate of drug-likeness (QED) is 0.372. The molecule has 0 aliphatic rings. The first-order valence-electron chi connectivity index (χ1n) is 2.86. The molecule has 0 aliphatic carbocycles. The molecule has 0 atom stereocenters. The van der Waals surface area contributed by atoms with Crippen LogP contribution < -0.4 is 5.29 Å². The van der Waals surface area contributed by atoms with Crippen LogP contribution in [0.3, 0.4) is 0 Å². The third kappa shape index (κ3) is 1.62. The molecule has 0 unspecified atom stereocenters. The third-order valence-electron chi connectivity index (χ3n) is 1.09. The van der Waals surface area contributed by atoms with Gasteiger partial charge in [0.2, 0.25) is 5.95 Å². The van der Waals surface area contributed by atoms with Crippen molar-refractivity contribution >= 4 is 5.69 Å². The molecule has 1 heterocycles. The van der Waals surface area contributed by atoms with Crippen LogP contribution in [0.1, 0.15) is 0 Å². The first-order valence-corrected chi connectivity index (χ1v) is 2.86. The lowest BCUT2D eigenvalue weighted by Crippen LogP contribution is -2.11. The van der Waals surface area contributed by atoms with E-state index in [2.05, 4.69) is 9.82 Å². The van der Waals surface area contributed by atoms with Gasteiger partial charge in [-0.15, -0.1) is 0 Å². The number of rotatable bonds is 2. The zero-order valence-corrected chi connectivity index (χ0v) is 5.79. The standard InChI is InChI=1S/C6H6F2N2O/c1-11-10(8)5-3-2-4-9-6(5)7/h2-4H,1H3. The van der Waals surface area contributed by atoms with Gasteiger partial charge in [0.15, 0.2) is 5.69 Å². The molecule has 0 spiro atoms. The van der Waals surface area contributed by atoms with Crippen molar-refractivity contribution in [2.45, 2.75) is 0 Å². The van der Waals surface area contributed by atoms with Crippen molar-refractivity contribution in [1.29, 1.82) is 0 Å². The minimum atomic E-state index is -0.906. The van der Waals surface area contributed by atoms with E-state index in [9.17, 15) is 8.87 Å². The van der Waals surface area contributed by atoms with Gasteiger partial charge in [0.05, 0.1) is 7.11 Å². The smallest absolute Gasteiger partial charge is 0.241 e. The van der Waals surface area contributed by atoms with Gasteiger partial charge in [-0.25, -0.2) is 9.82 Å². The molecular formula is C6H6F2N2O. The lowest BCUT2D eigenvalue weighted by molar-refractivity contribution is 0.0574. The summed E-state index contributed by atoms with van der Waals surface area (Å²) in [6.07, 6.45) is 1.22. The number of hydrogen-bond acceptors (Lipinski definition) is 3. The molecular weight excluding hydrogens is 154 g/mol. The fourth-order valence-electron chi connectivity index (χ4n) is 0.607. The molecule has 3 nitrogen and oxygen atoms in total. The highest BCUT2D eigenvalue weighted by molar-refractivity contribution is 5.39. The van der Waals surface area contributed by atoms with Crippen LogP contribution in [0, 0.1) is 5.95 Å². The predicted octanol–water partition coefficient (Wildman–Crippen LogP) is 1.47. The van der Waals surface area contributed by atoms with Crippen LogP contribution >= 0.6 is 0 Å². The van der Waals surface area contributed by atoms with Crippen LogP contribution in [0.2, 0.25) is 0 Å². The van der Waals surface area contributed by atoms with E-state index in [1.54, 1.807) is 0 Å². The van der Waals surface area contributed by atoms with Gasteiger partial charge in [0.25, 0.3) is 0 Å². The van der Waals surface area contributed by atoms with Crippen molar-refractivity contribution in [3.05, 3.63) is 24.3 Å². The van der Waals surface area contributed by atoms with E-state index in [-0.39, 0.29) is 11.0 Å². The first kappa shape index (κ1) is 7.87. The van der Waals surface area contributed by atoms with Gasteiger partial charge in [-0.1, -0.05) is 9.77 Å². The molecule has 11 heavy (non-hydrogen) atoms. The molecule has 0 saturated carbocycles. The fourth-order valence-corrected chi connectivity index (χ4v) is 0.607. The van der Waals surface area contributed by atoms with Crippen molar-refractivity contribution in [2.75, 3.05) is 12.4 Å². The Bertz CT molecular complexity index is 244. The van der Waals surface area contributed by atoms with E-state index in [4.69, 9.17) is 0 Å². The third-order valence-corrected chi connectivity index (χ3v) is 1.09. The maximum atomic E-state index is 12.6. The van der Waals surface area contributed by atoms with E-state index >= 15 is 0 Å². The Morgan fingerprint density at radius 3 is 2.91 bits per heavy atom. The number of hydrogen-bond donors (Lipinski definition) is 0. The van der Waals surface area contributed by atoms with Crippen LogP contribution in [0.5, 0.6) is 0 Å². The molecule has 0 radical (unpaired) electrons. The van der Waals surface area contributed by atoms with E-state index < -0.39 is 5.95 Å². The van der Waals surface area contributed by atoms with Gasteiger partial charge in [-0.05, 0) is 12.1 Å². The van der Waals surface area contributed by atoms with E-state index in [0.717, 1.165) is 7.11 Å². The monoisotopic (exact) mass is 160 g/mol. The molecule has 1 aromatic rings. The Morgan fingerprint density at radius 1 is 1.64 bits per heavy atom. The Hall–Kier alpha value is -1.23. The molecule has 0 bridgehead atoms. The molecule has 0 aromatic carbocycles. The summed E-state index contributed by atoms with van der Waals surface area (Å²) in [5, 5.41) is -0.192. The minimum Gasteiger partial charge on any atom is -0.248 e. The Labute approximate surface area is 62.1 Å². The zero-order valence-electron chi connectivity index (χ0n) is 5.79. The van der Waals surface area contributed by atoms with E-state index in [0.29, 0.717) is 0 Å². The second-order valence-electron chi connectivity index (χ2n) is 1.74. The summed E-state index contributed by atoms with van der Waals surface area (Å²) in [5.74, 6) is -0.906. The van der Waals surface area contributed by atoms with Crippen molar-refractivity contribution in [3.8, 4) is 0 Å². The number of halogens is 2. The molecule has 5 heteroatoms. The Kier molecular flexibility index (Phi) is 2.32. The van der Waals surface area contributed by atoms with E-state index in [1.807, 2.05) is 0 Å². The maximum absolute atomic E-state index is 12.6. The lowest BCUT2D eigenvalue weighted by Gasteiger charge is -2.08. The molecule has 0 amide bonds. The highest BCUT2D eigenvalue weighted by Crippen LogP contribution is 2.16. The second-order valence-corrected chi connectivity index (χ2v) is 1.74. The molecule has 1 rings (SSSR count). The molecule has 1 aromatic heterocycles. The summed E-state index contributed by atoms with van der Waals surface area (Å²) in [4.78, 5) is 7.32. The van der Waals surface area contributed by atoms with Gasteiger partial charge in [-0.3, -0.25) is 0 Å². The average Bonchev–Trinajstić information content (AvgIpc) is 2.04. The van der Waals surface area contributed by atoms with Gasteiger partial charge in [0.1, 0.15) is 0 Å². The molecule has 60 valence electrons. The molecule has 0 aliphatic heterocycles. The van der Waals surface area contributed by atoms with Crippen molar-refractivity contribution in [1.82, 2.24) is 4.98 Å². The number of anilines is 1. The fraction of sp³-hybridized carbons (Fsp3) is 0.167. The van der Waals surface area contributed by atoms with Crippen LogP contribution in [0.15, 0.2) is 18.3 Å². The summed E-state index contributed by atoms with van der Waals surface area (Å²) < 4.78 is 25.0. The van der Waals surface area contributed by atoms with Crippen LogP contribution in [0.25, 0.3) is 0 Å². The SMILES string of the molecule is CON(F)c1cccnc1F. The minimum absolute atomic E-state index is 0.192. The molecule has 0 saturated heterocycles. The number of aromatic nitrogens is 1. The highest BCUT2D eigenvalue weighted by Gasteiger charge is 2.09. The summed E-state index contributed by atoms with van der Waals surface area (Å²) in [7, 11) is 1.09. The van der Waals surface area contributed by atoms with Gasteiger partial charge < -0.3 is 0 Å². The summed E-state index contributed by atoms with van der Waals surface area (Å²) in [5.41, 5.74) is -0.338. The highest BCUT2D eigenvalue weighted by atomic mass is 19.2. The van der Waals surface area contributed by atoms with Crippen molar-refractivity contribution in [2.24, 2.45) is 0 Å². The van der Waals surface area contributed by atoms with Gasteiger partial charge >= 0.3 is 0 Å².